The first kappa shape index (κ1) is 22.1. The number of carbonyl (C=O) groups is 1. The summed E-state index contributed by atoms with van der Waals surface area (Å²) in [6, 6.07) is 19.7. The molecule has 1 heterocycles. The molecule has 2 atom stereocenters. The molecule has 31 heavy (non-hydrogen) atoms. The zero-order valence-electron chi connectivity index (χ0n) is 19.4. The monoisotopic (exact) mass is 418 g/mol. The number of carbonyl (C=O) groups excluding carboxylic acids is 1. The average molecular weight is 419 g/mol. The molecule has 2 aromatic carbocycles. The molecule has 0 bridgehead atoms. The SMILES string of the molecule is CC(C)(C)c1cccc(CNC2CCC(c3ccccc3)N2C(=O)C2CCCCC2)c1. The van der Waals surface area contributed by atoms with E-state index in [2.05, 4.69) is 85.6 Å². The first-order valence-electron chi connectivity index (χ1n) is 12.1. The highest BCUT2D eigenvalue weighted by Gasteiger charge is 2.40. The Kier molecular flexibility index (Phi) is 6.81. The van der Waals surface area contributed by atoms with E-state index in [0.29, 0.717) is 5.91 Å². The summed E-state index contributed by atoms with van der Waals surface area (Å²) < 4.78 is 0. The van der Waals surface area contributed by atoms with Gasteiger partial charge in [0, 0.05) is 12.5 Å². The Morgan fingerprint density at radius 3 is 2.39 bits per heavy atom. The third kappa shape index (κ3) is 5.20. The van der Waals surface area contributed by atoms with E-state index in [9.17, 15) is 4.79 Å². The van der Waals surface area contributed by atoms with Gasteiger partial charge in [-0.15, -0.1) is 0 Å². The molecular formula is C28H38N2O. The van der Waals surface area contributed by atoms with Gasteiger partial charge < -0.3 is 4.90 Å². The van der Waals surface area contributed by atoms with E-state index in [1.54, 1.807) is 0 Å². The van der Waals surface area contributed by atoms with E-state index < -0.39 is 0 Å². The number of hydrogen-bond acceptors (Lipinski definition) is 2. The van der Waals surface area contributed by atoms with Gasteiger partial charge in [-0.3, -0.25) is 10.1 Å². The van der Waals surface area contributed by atoms with E-state index in [0.717, 1.165) is 32.2 Å². The molecule has 4 rings (SSSR count). The maximum atomic E-state index is 13.7. The van der Waals surface area contributed by atoms with Crippen LogP contribution in [-0.2, 0) is 16.8 Å². The highest BCUT2D eigenvalue weighted by molar-refractivity contribution is 5.80. The molecule has 1 aliphatic carbocycles. The Morgan fingerprint density at radius 2 is 1.68 bits per heavy atom. The van der Waals surface area contributed by atoms with Crippen molar-refractivity contribution in [2.24, 2.45) is 5.92 Å². The topological polar surface area (TPSA) is 32.3 Å². The summed E-state index contributed by atoms with van der Waals surface area (Å²) in [7, 11) is 0. The Labute approximate surface area is 188 Å². The predicted octanol–water partition coefficient (Wildman–Crippen LogP) is 6.34. The molecule has 1 saturated heterocycles. The van der Waals surface area contributed by atoms with Crippen LogP contribution in [-0.4, -0.2) is 17.0 Å². The van der Waals surface area contributed by atoms with Crippen LogP contribution >= 0.6 is 0 Å². The normalized spacial score (nSPS) is 22.6. The molecule has 3 nitrogen and oxygen atoms in total. The first-order valence-corrected chi connectivity index (χ1v) is 12.1. The van der Waals surface area contributed by atoms with Crippen LogP contribution in [0.15, 0.2) is 54.6 Å². The van der Waals surface area contributed by atoms with Crippen LogP contribution in [0.5, 0.6) is 0 Å². The van der Waals surface area contributed by atoms with Crippen molar-refractivity contribution < 1.29 is 4.79 Å². The number of nitrogens with one attached hydrogen (secondary N) is 1. The van der Waals surface area contributed by atoms with E-state index in [4.69, 9.17) is 0 Å². The number of benzene rings is 2. The third-order valence-electron chi connectivity index (χ3n) is 7.11. The van der Waals surface area contributed by atoms with Gasteiger partial charge in [-0.2, -0.15) is 0 Å². The molecule has 2 aliphatic rings. The lowest BCUT2D eigenvalue weighted by Gasteiger charge is -2.35. The van der Waals surface area contributed by atoms with Gasteiger partial charge in [0.1, 0.15) is 0 Å². The number of hydrogen-bond donors (Lipinski definition) is 1. The molecule has 166 valence electrons. The van der Waals surface area contributed by atoms with Crippen LogP contribution in [0.2, 0.25) is 0 Å². The van der Waals surface area contributed by atoms with Crippen LogP contribution < -0.4 is 5.32 Å². The van der Waals surface area contributed by atoms with E-state index in [-0.39, 0.29) is 23.5 Å². The summed E-state index contributed by atoms with van der Waals surface area (Å²) in [6.45, 7) is 7.56. The molecule has 3 heteroatoms. The van der Waals surface area contributed by atoms with E-state index in [1.165, 1.54) is 36.0 Å². The quantitative estimate of drug-likeness (QED) is 0.614. The second kappa shape index (κ2) is 9.56. The van der Waals surface area contributed by atoms with Crippen molar-refractivity contribution in [3.05, 3.63) is 71.3 Å². The smallest absolute Gasteiger partial charge is 0.227 e. The van der Waals surface area contributed by atoms with Crippen LogP contribution in [0, 0.1) is 5.92 Å². The van der Waals surface area contributed by atoms with Crippen LogP contribution in [0.4, 0.5) is 0 Å². The van der Waals surface area contributed by atoms with Crippen molar-refractivity contribution in [1.29, 1.82) is 0 Å². The van der Waals surface area contributed by atoms with Gasteiger partial charge in [-0.25, -0.2) is 0 Å². The van der Waals surface area contributed by atoms with Gasteiger partial charge in [-0.1, -0.05) is 94.6 Å². The molecule has 1 amide bonds. The standard InChI is InChI=1S/C28H38N2O/c1-28(2,3)24-16-10-11-21(19-24)20-29-26-18-17-25(22-12-6-4-7-13-22)30(26)27(31)23-14-8-5-9-15-23/h4,6-7,10-13,16,19,23,25-26,29H,5,8-9,14-15,17-18,20H2,1-3H3. The summed E-state index contributed by atoms with van der Waals surface area (Å²) in [5, 5.41) is 3.75. The summed E-state index contributed by atoms with van der Waals surface area (Å²) in [6.07, 6.45) is 7.92. The van der Waals surface area contributed by atoms with Gasteiger partial charge in [-0.05, 0) is 47.8 Å². The molecule has 2 fully saturated rings. The summed E-state index contributed by atoms with van der Waals surface area (Å²) in [4.78, 5) is 15.9. The van der Waals surface area contributed by atoms with Crippen molar-refractivity contribution in [3.63, 3.8) is 0 Å². The average Bonchev–Trinajstić information content (AvgIpc) is 3.22. The van der Waals surface area contributed by atoms with Crippen molar-refractivity contribution in [2.75, 3.05) is 0 Å². The maximum absolute atomic E-state index is 13.7. The van der Waals surface area contributed by atoms with Crippen LogP contribution in [0.3, 0.4) is 0 Å². The minimum absolute atomic E-state index is 0.109. The molecule has 0 radical (unpaired) electrons. The molecule has 2 aromatic rings. The van der Waals surface area contributed by atoms with Crippen LogP contribution in [0.25, 0.3) is 0 Å². The second-order valence-electron chi connectivity index (χ2n) is 10.4. The van der Waals surface area contributed by atoms with Gasteiger partial charge >= 0.3 is 0 Å². The van der Waals surface area contributed by atoms with Crippen molar-refractivity contribution in [1.82, 2.24) is 10.2 Å². The molecule has 0 aromatic heterocycles. The molecule has 2 unspecified atom stereocenters. The largest absolute Gasteiger partial charge is 0.320 e. The Hall–Kier alpha value is -2.13. The summed E-state index contributed by atoms with van der Waals surface area (Å²) in [5.74, 6) is 0.568. The highest BCUT2D eigenvalue weighted by atomic mass is 16.2. The predicted molar refractivity (Wildman–Crippen MR) is 128 cm³/mol. The van der Waals surface area contributed by atoms with Crippen LogP contribution in [0.1, 0.15) is 88.4 Å². The number of likely N-dealkylation sites (tertiary alicyclic amines) is 1. The first-order chi connectivity index (χ1) is 14.9. The minimum atomic E-state index is 0.109. The lowest BCUT2D eigenvalue weighted by Crippen LogP contribution is -2.48. The summed E-state index contributed by atoms with van der Waals surface area (Å²) in [5.41, 5.74) is 4.06. The Balaban J connectivity index is 1.52. The second-order valence-corrected chi connectivity index (χ2v) is 10.4. The van der Waals surface area contributed by atoms with Gasteiger partial charge in [0.15, 0.2) is 0 Å². The lowest BCUT2D eigenvalue weighted by molar-refractivity contribution is -0.140. The van der Waals surface area contributed by atoms with Gasteiger partial charge in [0.05, 0.1) is 12.2 Å². The van der Waals surface area contributed by atoms with E-state index >= 15 is 0 Å². The fourth-order valence-corrected chi connectivity index (χ4v) is 5.26. The van der Waals surface area contributed by atoms with Crippen molar-refractivity contribution in [3.8, 4) is 0 Å². The molecule has 1 aliphatic heterocycles. The summed E-state index contributed by atoms with van der Waals surface area (Å²) >= 11 is 0. The maximum Gasteiger partial charge on any atom is 0.227 e. The van der Waals surface area contributed by atoms with Crippen molar-refractivity contribution >= 4 is 5.91 Å². The zero-order chi connectivity index (χ0) is 21.8. The number of nitrogens with zero attached hydrogens (tertiary/aromatic N) is 1. The lowest BCUT2D eigenvalue weighted by atomic mass is 9.86. The Bertz CT molecular complexity index is 864. The fraction of sp³-hybridized carbons (Fsp3) is 0.536. The third-order valence-corrected chi connectivity index (χ3v) is 7.11. The van der Waals surface area contributed by atoms with E-state index in [1.807, 2.05) is 0 Å². The Morgan fingerprint density at radius 1 is 0.935 bits per heavy atom. The van der Waals surface area contributed by atoms with Gasteiger partial charge in [0.2, 0.25) is 5.91 Å². The molecule has 1 saturated carbocycles. The number of amides is 1. The molecular weight excluding hydrogens is 380 g/mol. The molecule has 1 N–H and O–H groups in total. The zero-order valence-corrected chi connectivity index (χ0v) is 19.4. The number of rotatable bonds is 5. The molecule has 0 spiro atoms. The van der Waals surface area contributed by atoms with Crippen molar-refractivity contribution in [2.45, 2.75) is 89.9 Å². The fourth-order valence-electron chi connectivity index (χ4n) is 5.26. The highest BCUT2D eigenvalue weighted by Crippen LogP contribution is 2.38. The van der Waals surface area contributed by atoms with Gasteiger partial charge in [0.25, 0.3) is 0 Å². The minimum Gasteiger partial charge on any atom is -0.320 e.